The van der Waals surface area contributed by atoms with Crippen molar-refractivity contribution in [2.45, 2.75) is 0 Å². The Labute approximate surface area is 531 Å². The maximum atomic E-state index is 13.8. The molecule has 16 heteroatoms. The molecule has 12 rings (SSSR count). The molecule has 0 heterocycles. The third-order valence-electron chi connectivity index (χ3n) is 13.4. The van der Waals surface area contributed by atoms with Gasteiger partial charge in [-0.2, -0.15) is 0 Å². The molecular formula is C72H63ClO10P4U+2. The van der Waals surface area contributed by atoms with Crippen LogP contribution in [0.15, 0.2) is 364 Å². The quantitative estimate of drug-likeness (QED) is 0.0995. The molecule has 88 heavy (non-hydrogen) atoms. The van der Waals surface area contributed by atoms with Crippen molar-refractivity contribution >= 4 is 92.2 Å². The Morgan fingerprint density at radius 2 is 0.261 bits per heavy atom. The van der Waals surface area contributed by atoms with Gasteiger partial charge in [0.15, 0.2) is 28.6 Å². The summed E-state index contributed by atoms with van der Waals surface area (Å²) in [4.78, 5) is 0. The van der Waals surface area contributed by atoms with Crippen molar-refractivity contribution in [3.8, 4) is 0 Å². The van der Waals surface area contributed by atoms with Gasteiger partial charge in [0, 0.05) is 63.7 Å². The summed E-state index contributed by atoms with van der Waals surface area (Å²) in [6.45, 7) is 0. The fourth-order valence-corrected chi connectivity index (χ4v) is 20.1. The van der Waals surface area contributed by atoms with Gasteiger partial charge in [-0.25, -0.2) is 0 Å². The Balaban J connectivity index is 0.000000160. The van der Waals surface area contributed by atoms with Gasteiger partial charge < -0.3 is 18.3 Å². The summed E-state index contributed by atoms with van der Waals surface area (Å²) >= 11 is -2.51. The van der Waals surface area contributed by atoms with Crippen LogP contribution in [0.3, 0.4) is 0 Å². The summed E-state index contributed by atoms with van der Waals surface area (Å²) in [7, 11) is -15.3. The molecule has 12 aromatic rings. The Bertz CT molecular complexity index is 3240. The van der Waals surface area contributed by atoms with Crippen molar-refractivity contribution in [1.82, 2.24) is 0 Å². The molecule has 12 aromatic carbocycles. The van der Waals surface area contributed by atoms with E-state index in [-0.39, 0.29) is 0 Å². The van der Waals surface area contributed by atoms with Crippen LogP contribution in [0.25, 0.3) is 0 Å². The summed E-state index contributed by atoms with van der Waals surface area (Å²) in [5, 5.41) is 10.5. The summed E-state index contributed by atoms with van der Waals surface area (Å²) < 4.78 is 103. The molecule has 0 atom stereocenters. The molecule has 0 saturated carbocycles. The summed E-state index contributed by atoms with van der Waals surface area (Å²) in [5.41, 5.74) is 0. The van der Waals surface area contributed by atoms with E-state index in [1.807, 2.05) is 364 Å². The van der Waals surface area contributed by atoms with E-state index in [0.29, 0.717) is 0 Å². The second-order valence-corrected chi connectivity index (χ2v) is 31.6. The monoisotopic (exact) mass is 1480 g/mol. The zero-order chi connectivity index (χ0) is 62.6. The topological polar surface area (TPSA) is 186 Å². The van der Waals surface area contributed by atoms with Gasteiger partial charge in [0.2, 0.25) is 0 Å². The Hall–Kier alpha value is -7.66. The number of rotatable bonds is 12. The molecule has 3 N–H and O–H groups in total. The Kier molecular flexibility index (Phi) is 26.4. The van der Waals surface area contributed by atoms with Gasteiger partial charge in [0.05, 0.1) is 0 Å². The Morgan fingerprint density at radius 1 is 0.205 bits per heavy atom. The summed E-state index contributed by atoms with van der Waals surface area (Å²) in [6, 6.07) is 117. The average Bonchev–Trinajstić information content (AvgIpc) is 2.33. The van der Waals surface area contributed by atoms with Gasteiger partial charge in [-0.05, 0) is 0 Å². The van der Waals surface area contributed by atoms with Gasteiger partial charge in [-0.3, -0.25) is 0 Å². The second-order valence-electron chi connectivity index (χ2n) is 19.0. The molecule has 0 aliphatic heterocycles. The van der Waals surface area contributed by atoms with Gasteiger partial charge in [0.25, 0.3) is 0 Å². The number of hydrogen-bond acceptors (Lipinski definition) is 10. The first-order valence-corrected chi connectivity index (χ1v) is 39.0. The predicted octanol–water partition coefficient (Wildman–Crippen LogP) is 10.2. The van der Waals surface area contributed by atoms with E-state index in [0.717, 1.165) is 63.7 Å². The summed E-state index contributed by atoms with van der Waals surface area (Å²) in [6.07, 6.45) is 0. The molecule has 0 amide bonds. The molecule has 0 saturated heterocycles. The van der Waals surface area contributed by atoms with E-state index in [1.54, 1.807) is 0 Å². The van der Waals surface area contributed by atoms with Gasteiger partial charge >= 0.3 is 61.2 Å². The van der Waals surface area contributed by atoms with Gasteiger partial charge in [-0.1, -0.05) is 364 Å². The average molecular weight is 1490 g/mol. The first-order chi connectivity index (χ1) is 42.7. The third kappa shape index (κ3) is 18.2. The van der Waals surface area contributed by atoms with Crippen molar-refractivity contribution < 1.29 is 79.4 Å². The van der Waals surface area contributed by atoms with Crippen LogP contribution < -0.4 is 68.3 Å². The SMILES string of the molecule is O=P(c1ccccc1)(c1ccccc1)c1ccccc1.O=P(c1ccccc1)(c1ccccc1)c1ccccc1.O=P(c1ccccc1)(c1ccccc1)c1ccccc1.O=P(c1ccccc1)(c1ccccc1)c1ccccc1.[O-][Cl+](O)(O)O.[O]=[U+2]=[O]. The second kappa shape index (κ2) is 34.2. The number of benzene rings is 12. The van der Waals surface area contributed by atoms with Crippen LogP contribution >= 0.6 is 28.6 Å². The van der Waals surface area contributed by atoms with Crippen molar-refractivity contribution in [1.29, 1.82) is 0 Å². The third-order valence-corrected chi connectivity index (χ3v) is 25.7. The van der Waals surface area contributed by atoms with Crippen molar-refractivity contribution in [3.63, 3.8) is 0 Å². The fourth-order valence-electron chi connectivity index (χ4n) is 9.44. The van der Waals surface area contributed by atoms with Crippen LogP contribution in [-0.4, -0.2) is 14.0 Å². The van der Waals surface area contributed by atoms with Crippen LogP contribution in [-0.2, 0) is 22.7 Å². The molecular weight excluding hydrogens is 1420 g/mol. The van der Waals surface area contributed by atoms with Gasteiger partial charge in [-0.15, -0.1) is 0 Å². The molecule has 0 radical (unpaired) electrons. The zero-order valence-corrected chi connectivity index (χ0v) is 56.0. The Morgan fingerprint density at radius 3 is 0.318 bits per heavy atom. The fraction of sp³-hybridized carbons (Fsp3) is 0. The maximum absolute atomic E-state index is 13.8. The van der Waals surface area contributed by atoms with Crippen molar-refractivity contribution in [3.05, 3.63) is 364 Å². The van der Waals surface area contributed by atoms with Crippen molar-refractivity contribution in [2.24, 2.45) is 0 Å². The standard InChI is InChI=1S/4C18H15OP.ClH3O4.2O.U/c4*19-20(16-10-4-1-5-11-16,17-12-6-2-7-13-17)18-14-8-3-9-15-18;2-1(3,4)5;;;/h4*1-15H;2-4H;;;/q;;;;;;;+2. The van der Waals surface area contributed by atoms with E-state index in [1.165, 1.54) is 0 Å². The summed E-state index contributed by atoms with van der Waals surface area (Å²) in [5.74, 6) is 0. The van der Waals surface area contributed by atoms with E-state index < -0.39 is 66.6 Å². The minimum absolute atomic E-state index is 0.873. The molecule has 0 fully saturated rings. The van der Waals surface area contributed by atoms with Crippen LogP contribution in [0.5, 0.6) is 0 Å². The molecule has 0 unspecified atom stereocenters. The molecule has 440 valence electrons. The first-order valence-electron chi connectivity index (χ1n) is 27.4. The van der Waals surface area contributed by atoms with Crippen LogP contribution in [0, 0.1) is 38.1 Å². The van der Waals surface area contributed by atoms with E-state index >= 15 is 0 Å². The van der Waals surface area contributed by atoms with Crippen molar-refractivity contribution in [2.75, 3.05) is 0 Å². The molecule has 0 aliphatic carbocycles. The van der Waals surface area contributed by atoms with E-state index in [9.17, 15) is 18.3 Å². The van der Waals surface area contributed by atoms with E-state index in [4.69, 9.17) is 23.1 Å². The van der Waals surface area contributed by atoms with Gasteiger partial charge in [0.1, 0.15) is 0 Å². The number of halogens is 1. The predicted molar refractivity (Wildman–Crippen MR) is 351 cm³/mol. The normalized spacial score (nSPS) is 11.1. The van der Waals surface area contributed by atoms with Crippen LogP contribution in [0.2, 0.25) is 0 Å². The van der Waals surface area contributed by atoms with E-state index in [2.05, 4.69) is 0 Å². The molecule has 0 aromatic heterocycles. The van der Waals surface area contributed by atoms with Crippen LogP contribution in [0.1, 0.15) is 0 Å². The first kappa shape index (κ1) is 67.8. The molecule has 0 aliphatic rings. The molecule has 0 spiro atoms. The van der Waals surface area contributed by atoms with Crippen LogP contribution in [0.4, 0.5) is 0 Å². The minimum atomic E-state index is -4.19. The molecule has 0 bridgehead atoms. The number of hydrogen-bond donors (Lipinski definition) is 3. The molecule has 10 nitrogen and oxygen atoms in total. The zero-order valence-electron chi connectivity index (χ0n) is 47.5.